The van der Waals surface area contributed by atoms with Crippen LogP contribution in [-0.2, 0) is 24.0 Å². The van der Waals surface area contributed by atoms with Crippen LogP contribution in [0.3, 0.4) is 0 Å². The van der Waals surface area contributed by atoms with Gasteiger partial charge in [0.2, 0.25) is 17.7 Å². The zero-order chi connectivity index (χ0) is 28.4. The summed E-state index contributed by atoms with van der Waals surface area (Å²) in [6.45, 7) is 0.543. The number of carboxylic acids is 2. The molecule has 13 N–H and O–H groups in total. The number of thioether (sulfide) groups is 1. The van der Waals surface area contributed by atoms with Gasteiger partial charge < -0.3 is 49.1 Å². The van der Waals surface area contributed by atoms with Crippen LogP contribution in [0.1, 0.15) is 44.9 Å². The van der Waals surface area contributed by atoms with Gasteiger partial charge >= 0.3 is 11.9 Å². The Kier molecular flexibility index (Phi) is 17.5. The first-order chi connectivity index (χ1) is 17.4. The van der Waals surface area contributed by atoms with Gasteiger partial charge in [-0.25, -0.2) is 4.79 Å². The molecular formula is C21H40N8O7S. The highest BCUT2D eigenvalue weighted by atomic mass is 32.2. The second-order valence-corrected chi connectivity index (χ2v) is 9.23. The number of nitrogens with zero attached hydrogens (tertiary/aromatic N) is 1. The van der Waals surface area contributed by atoms with Crippen molar-refractivity contribution < 1.29 is 34.2 Å². The topological polar surface area (TPSA) is 278 Å². The van der Waals surface area contributed by atoms with Crippen molar-refractivity contribution in [3.05, 3.63) is 0 Å². The Morgan fingerprint density at radius 2 is 1.38 bits per heavy atom. The highest BCUT2D eigenvalue weighted by molar-refractivity contribution is 7.98. The van der Waals surface area contributed by atoms with Crippen LogP contribution in [0.4, 0.5) is 0 Å². The lowest BCUT2D eigenvalue weighted by atomic mass is 10.1. The maximum Gasteiger partial charge on any atom is 0.326 e. The van der Waals surface area contributed by atoms with E-state index in [0.717, 1.165) is 0 Å². The van der Waals surface area contributed by atoms with Gasteiger partial charge in [-0.3, -0.25) is 24.2 Å². The minimum absolute atomic E-state index is 0.0574. The number of aliphatic imine (C=N–C) groups is 1. The number of guanidine groups is 1. The van der Waals surface area contributed by atoms with Crippen LogP contribution in [0.25, 0.3) is 0 Å². The zero-order valence-electron chi connectivity index (χ0n) is 21.0. The standard InChI is InChI=1S/C21H40N8O7S/c1-37-10-7-14(19(34)29-15(20(35)36)5-2-3-8-22)28-18(33)13(6-4-9-26-21(24)25)27-17(32)12(23)11-16(30)31/h12-15H,2-11,22-23H2,1H3,(H,27,32)(H,28,33)(H,29,34)(H,30,31)(H,35,36)(H4,24,25,26). The Morgan fingerprint density at radius 1 is 0.838 bits per heavy atom. The summed E-state index contributed by atoms with van der Waals surface area (Å²) >= 11 is 1.42. The summed E-state index contributed by atoms with van der Waals surface area (Å²) in [5, 5.41) is 25.8. The van der Waals surface area contributed by atoms with Gasteiger partial charge in [-0.15, -0.1) is 0 Å². The summed E-state index contributed by atoms with van der Waals surface area (Å²) in [5.41, 5.74) is 21.6. The fourth-order valence-electron chi connectivity index (χ4n) is 3.13. The first kappa shape index (κ1) is 33.9. The van der Waals surface area contributed by atoms with E-state index in [9.17, 15) is 29.1 Å². The predicted molar refractivity (Wildman–Crippen MR) is 139 cm³/mol. The molecule has 0 aromatic carbocycles. The first-order valence-corrected chi connectivity index (χ1v) is 13.2. The number of carboxylic acid groups (broad SMARTS) is 2. The number of nitrogens with two attached hydrogens (primary N) is 4. The van der Waals surface area contributed by atoms with Gasteiger partial charge in [0.05, 0.1) is 12.5 Å². The SMILES string of the molecule is CSCCC(NC(=O)C(CCCN=C(N)N)NC(=O)C(N)CC(=O)O)C(=O)NC(CCCCN)C(=O)O. The molecule has 15 nitrogen and oxygen atoms in total. The van der Waals surface area contributed by atoms with E-state index in [2.05, 4.69) is 20.9 Å². The van der Waals surface area contributed by atoms with Gasteiger partial charge in [0.1, 0.15) is 18.1 Å². The number of aliphatic carboxylic acids is 2. The van der Waals surface area contributed by atoms with Crippen molar-refractivity contribution >= 4 is 47.4 Å². The maximum atomic E-state index is 13.1. The largest absolute Gasteiger partial charge is 0.481 e. The summed E-state index contributed by atoms with van der Waals surface area (Å²) in [5.74, 6) is -4.44. The van der Waals surface area contributed by atoms with E-state index in [1.54, 1.807) is 6.26 Å². The normalized spacial score (nSPS) is 13.9. The summed E-state index contributed by atoms with van der Waals surface area (Å²) in [4.78, 5) is 64.6. The van der Waals surface area contributed by atoms with Crippen LogP contribution in [0.5, 0.6) is 0 Å². The van der Waals surface area contributed by atoms with Crippen molar-refractivity contribution in [3.8, 4) is 0 Å². The molecule has 0 saturated heterocycles. The van der Waals surface area contributed by atoms with E-state index >= 15 is 0 Å². The molecule has 0 heterocycles. The summed E-state index contributed by atoms with van der Waals surface area (Å²) in [7, 11) is 0. The van der Waals surface area contributed by atoms with E-state index in [1.807, 2.05) is 0 Å². The minimum atomic E-state index is -1.40. The van der Waals surface area contributed by atoms with Crippen molar-refractivity contribution in [3.63, 3.8) is 0 Å². The Morgan fingerprint density at radius 3 is 1.89 bits per heavy atom. The Bertz CT molecular complexity index is 795. The van der Waals surface area contributed by atoms with Gasteiger partial charge in [0.15, 0.2) is 5.96 Å². The van der Waals surface area contributed by atoms with E-state index in [-0.39, 0.29) is 38.2 Å². The lowest BCUT2D eigenvalue weighted by Gasteiger charge is -2.25. The molecule has 0 aliphatic rings. The molecule has 4 atom stereocenters. The van der Waals surface area contributed by atoms with Crippen molar-refractivity contribution in [1.82, 2.24) is 16.0 Å². The molecule has 0 aromatic heterocycles. The van der Waals surface area contributed by atoms with Crippen LogP contribution < -0.4 is 38.9 Å². The molecule has 0 aromatic rings. The fourth-order valence-corrected chi connectivity index (χ4v) is 3.60. The minimum Gasteiger partial charge on any atom is -0.481 e. The molecule has 0 aliphatic heterocycles. The number of amides is 3. The van der Waals surface area contributed by atoms with Crippen LogP contribution in [0.15, 0.2) is 4.99 Å². The smallest absolute Gasteiger partial charge is 0.326 e. The average Bonchev–Trinajstić information content (AvgIpc) is 2.81. The number of carbonyl (C=O) groups is 5. The summed E-state index contributed by atoms with van der Waals surface area (Å²) < 4.78 is 0. The third-order valence-corrected chi connectivity index (χ3v) is 5.76. The molecule has 0 spiro atoms. The molecule has 0 radical (unpaired) electrons. The Balaban J connectivity index is 5.55. The quantitative estimate of drug-likeness (QED) is 0.0425. The molecule has 0 saturated carbocycles. The predicted octanol–water partition coefficient (Wildman–Crippen LogP) is -2.74. The van der Waals surface area contributed by atoms with E-state index < -0.39 is 60.2 Å². The van der Waals surface area contributed by atoms with Gasteiger partial charge in [-0.05, 0) is 57.1 Å². The molecule has 37 heavy (non-hydrogen) atoms. The molecule has 0 bridgehead atoms. The van der Waals surface area contributed by atoms with Gasteiger partial charge in [-0.2, -0.15) is 11.8 Å². The lowest BCUT2D eigenvalue weighted by molar-refractivity contribution is -0.142. The Hall–Kier alpha value is -3.11. The second kappa shape index (κ2) is 19.1. The molecule has 0 fully saturated rings. The van der Waals surface area contributed by atoms with Crippen molar-refractivity contribution in [2.24, 2.45) is 27.9 Å². The molecule has 16 heteroatoms. The number of nitrogens with one attached hydrogen (secondary N) is 3. The molecular weight excluding hydrogens is 508 g/mol. The van der Waals surface area contributed by atoms with Gasteiger partial charge in [0.25, 0.3) is 0 Å². The average molecular weight is 549 g/mol. The van der Waals surface area contributed by atoms with E-state index in [1.165, 1.54) is 11.8 Å². The number of rotatable bonds is 20. The van der Waals surface area contributed by atoms with Crippen molar-refractivity contribution in [2.75, 3.05) is 25.1 Å². The molecule has 0 aliphatic carbocycles. The fraction of sp³-hybridized carbons (Fsp3) is 0.714. The zero-order valence-corrected chi connectivity index (χ0v) is 21.8. The lowest BCUT2D eigenvalue weighted by Crippen LogP contribution is -2.57. The summed E-state index contributed by atoms with van der Waals surface area (Å²) in [6, 6.07) is -4.81. The number of carbonyl (C=O) groups excluding carboxylic acids is 3. The highest BCUT2D eigenvalue weighted by Gasteiger charge is 2.30. The number of hydrogen-bond donors (Lipinski definition) is 9. The van der Waals surface area contributed by atoms with Crippen molar-refractivity contribution in [1.29, 1.82) is 0 Å². The van der Waals surface area contributed by atoms with Crippen LogP contribution >= 0.6 is 11.8 Å². The number of hydrogen-bond acceptors (Lipinski definition) is 9. The maximum absolute atomic E-state index is 13.1. The second-order valence-electron chi connectivity index (χ2n) is 8.24. The molecule has 3 amide bonds. The Labute approximate surface area is 219 Å². The van der Waals surface area contributed by atoms with Gasteiger partial charge in [-0.1, -0.05) is 0 Å². The molecule has 212 valence electrons. The third kappa shape index (κ3) is 15.6. The van der Waals surface area contributed by atoms with Crippen LogP contribution in [-0.4, -0.2) is 95.1 Å². The third-order valence-electron chi connectivity index (χ3n) is 5.11. The van der Waals surface area contributed by atoms with Gasteiger partial charge in [0, 0.05) is 6.54 Å². The number of unbranched alkanes of at least 4 members (excludes halogenated alkanes) is 1. The van der Waals surface area contributed by atoms with E-state index in [0.29, 0.717) is 25.1 Å². The van der Waals surface area contributed by atoms with Crippen molar-refractivity contribution in [2.45, 2.75) is 69.1 Å². The summed E-state index contributed by atoms with van der Waals surface area (Å²) in [6.07, 6.45) is 2.95. The van der Waals surface area contributed by atoms with E-state index in [4.69, 9.17) is 28.0 Å². The molecule has 4 unspecified atom stereocenters. The van der Waals surface area contributed by atoms with Crippen LogP contribution in [0, 0.1) is 0 Å². The first-order valence-electron chi connectivity index (χ1n) is 11.8. The highest BCUT2D eigenvalue weighted by Crippen LogP contribution is 2.07. The van der Waals surface area contributed by atoms with Crippen LogP contribution in [0.2, 0.25) is 0 Å². The molecule has 0 rings (SSSR count). The monoisotopic (exact) mass is 548 g/mol.